The summed E-state index contributed by atoms with van der Waals surface area (Å²) >= 11 is 0. The Hall–Kier alpha value is -3.68. The average Bonchev–Trinajstić information content (AvgIpc) is 3.22. The summed E-state index contributed by atoms with van der Waals surface area (Å²) in [4.78, 5) is 13.6. The molecule has 2 aromatic carbocycles. The van der Waals surface area contributed by atoms with Crippen LogP contribution in [0.25, 0.3) is 11.4 Å². The van der Waals surface area contributed by atoms with Gasteiger partial charge in [0.25, 0.3) is 5.91 Å². The minimum atomic E-state index is -0.621. The summed E-state index contributed by atoms with van der Waals surface area (Å²) in [5.74, 6) is 1.58. The molecule has 1 amide bonds. The smallest absolute Gasteiger partial charge is 0.262 e. The molecule has 1 heterocycles. The summed E-state index contributed by atoms with van der Waals surface area (Å²) < 4.78 is 13.1. The maximum absolute atomic E-state index is 12.1. The first-order valence-electron chi connectivity index (χ1n) is 9.64. The largest absolute Gasteiger partial charge is 0.490 e. The molecule has 0 unspecified atom stereocenters. The zero-order valence-electron chi connectivity index (χ0n) is 17.5. The molecule has 0 aliphatic carbocycles. The van der Waals surface area contributed by atoms with E-state index in [9.17, 15) is 4.79 Å². The lowest BCUT2D eigenvalue weighted by Gasteiger charge is -2.20. The number of hydrogen-bond donors (Lipinski definition) is 0. The molecular formula is C22H25N5O3. The van der Waals surface area contributed by atoms with Crippen LogP contribution >= 0.6 is 0 Å². The molecule has 30 heavy (non-hydrogen) atoms. The third kappa shape index (κ3) is 5.02. The minimum Gasteiger partial charge on any atom is -0.490 e. The molecule has 0 bridgehead atoms. The summed E-state index contributed by atoms with van der Waals surface area (Å²) in [6.07, 6.45) is 2.62. The second-order valence-corrected chi connectivity index (χ2v) is 6.74. The minimum absolute atomic E-state index is 0.121. The Morgan fingerprint density at radius 1 is 1.20 bits per heavy atom. The van der Waals surface area contributed by atoms with Crippen molar-refractivity contribution in [1.29, 1.82) is 0 Å². The van der Waals surface area contributed by atoms with Crippen molar-refractivity contribution in [2.24, 2.45) is 5.10 Å². The van der Waals surface area contributed by atoms with Gasteiger partial charge in [-0.3, -0.25) is 4.79 Å². The summed E-state index contributed by atoms with van der Waals surface area (Å²) in [7, 11) is 3.39. The predicted octanol–water partition coefficient (Wildman–Crippen LogP) is 3.08. The molecule has 156 valence electrons. The van der Waals surface area contributed by atoms with Crippen molar-refractivity contribution < 1.29 is 14.3 Å². The molecule has 3 aromatic rings. The number of hydrogen-bond acceptors (Lipinski definition) is 6. The van der Waals surface area contributed by atoms with Gasteiger partial charge in [0.1, 0.15) is 6.33 Å². The lowest BCUT2D eigenvalue weighted by molar-refractivity contribution is -0.135. The van der Waals surface area contributed by atoms with Crippen molar-refractivity contribution in [3.63, 3.8) is 0 Å². The van der Waals surface area contributed by atoms with Crippen LogP contribution in [0.15, 0.2) is 60.0 Å². The number of benzene rings is 2. The Balaban J connectivity index is 1.82. The third-order valence-electron chi connectivity index (χ3n) is 4.25. The number of ether oxygens (including phenoxy) is 2. The number of rotatable bonds is 8. The molecule has 1 aromatic heterocycles. The number of nitrogens with zero attached hydrogens (tertiary/aromatic N) is 5. The SMILES string of the molecule is CCOc1cc(/C=N\n2cnnc2-c2ccccc2)ccc1O[C@H](C)C(=O)N(C)C. The van der Waals surface area contributed by atoms with Gasteiger partial charge >= 0.3 is 0 Å². The first kappa shape index (κ1) is 21.0. The first-order chi connectivity index (χ1) is 14.5. The fourth-order valence-corrected chi connectivity index (χ4v) is 2.80. The van der Waals surface area contributed by atoms with Gasteiger partial charge in [-0.05, 0) is 37.6 Å². The average molecular weight is 407 g/mol. The van der Waals surface area contributed by atoms with E-state index in [2.05, 4.69) is 15.3 Å². The van der Waals surface area contributed by atoms with E-state index in [4.69, 9.17) is 9.47 Å². The van der Waals surface area contributed by atoms with Gasteiger partial charge in [-0.25, -0.2) is 0 Å². The zero-order valence-corrected chi connectivity index (χ0v) is 17.5. The van der Waals surface area contributed by atoms with Crippen LogP contribution in [0.1, 0.15) is 19.4 Å². The Bertz CT molecular complexity index is 1010. The molecule has 0 aliphatic heterocycles. The molecule has 0 fully saturated rings. The van der Waals surface area contributed by atoms with E-state index in [0.29, 0.717) is 23.9 Å². The number of aromatic nitrogens is 3. The van der Waals surface area contributed by atoms with Crippen LogP contribution in [0.3, 0.4) is 0 Å². The van der Waals surface area contributed by atoms with E-state index in [1.54, 1.807) is 44.3 Å². The molecule has 8 heteroatoms. The molecule has 0 radical (unpaired) electrons. The number of carbonyl (C=O) groups is 1. The molecule has 3 rings (SSSR count). The van der Waals surface area contributed by atoms with Crippen molar-refractivity contribution in [3.05, 3.63) is 60.4 Å². The summed E-state index contributed by atoms with van der Waals surface area (Å²) in [6.45, 7) is 4.07. The van der Waals surface area contributed by atoms with Gasteiger partial charge in [-0.15, -0.1) is 10.2 Å². The normalized spacial score (nSPS) is 12.0. The monoisotopic (exact) mass is 407 g/mol. The van der Waals surface area contributed by atoms with Crippen LogP contribution < -0.4 is 9.47 Å². The van der Waals surface area contributed by atoms with Crippen LogP contribution in [0, 0.1) is 0 Å². The topological polar surface area (TPSA) is 81.8 Å². The van der Waals surface area contributed by atoms with E-state index in [1.165, 1.54) is 4.90 Å². The van der Waals surface area contributed by atoms with Gasteiger partial charge < -0.3 is 14.4 Å². The van der Waals surface area contributed by atoms with Gasteiger partial charge in [0.05, 0.1) is 12.8 Å². The van der Waals surface area contributed by atoms with E-state index in [0.717, 1.165) is 11.1 Å². The van der Waals surface area contributed by atoms with Crippen molar-refractivity contribution in [2.45, 2.75) is 20.0 Å². The molecule has 0 spiro atoms. The van der Waals surface area contributed by atoms with Crippen LogP contribution in [0.2, 0.25) is 0 Å². The van der Waals surface area contributed by atoms with Crippen molar-refractivity contribution in [3.8, 4) is 22.9 Å². The molecule has 8 nitrogen and oxygen atoms in total. The lowest BCUT2D eigenvalue weighted by atomic mass is 10.2. The Morgan fingerprint density at radius 3 is 2.67 bits per heavy atom. The van der Waals surface area contributed by atoms with E-state index in [1.807, 2.05) is 49.4 Å². The second-order valence-electron chi connectivity index (χ2n) is 6.74. The third-order valence-corrected chi connectivity index (χ3v) is 4.25. The van der Waals surface area contributed by atoms with Gasteiger partial charge in [0, 0.05) is 19.7 Å². The maximum Gasteiger partial charge on any atom is 0.262 e. The molecule has 0 saturated heterocycles. The molecule has 1 atom stereocenters. The van der Waals surface area contributed by atoms with Crippen LogP contribution in [-0.4, -0.2) is 58.7 Å². The van der Waals surface area contributed by atoms with Gasteiger partial charge in [0.15, 0.2) is 23.4 Å². The Labute approximate surface area is 175 Å². The van der Waals surface area contributed by atoms with E-state index < -0.39 is 6.10 Å². The Morgan fingerprint density at radius 2 is 1.97 bits per heavy atom. The van der Waals surface area contributed by atoms with Crippen molar-refractivity contribution >= 4 is 12.1 Å². The molecule has 0 saturated carbocycles. The number of carbonyl (C=O) groups excluding carboxylic acids is 1. The zero-order chi connectivity index (χ0) is 21.5. The summed E-state index contributed by atoms with van der Waals surface area (Å²) in [5.41, 5.74) is 1.73. The van der Waals surface area contributed by atoms with Gasteiger partial charge in [-0.2, -0.15) is 9.78 Å². The quantitative estimate of drug-likeness (QED) is 0.536. The fourth-order valence-electron chi connectivity index (χ4n) is 2.80. The molecule has 0 aliphatic rings. The van der Waals surface area contributed by atoms with Crippen molar-refractivity contribution in [1.82, 2.24) is 19.8 Å². The van der Waals surface area contributed by atoms with E-state index >= 15 is 0 Å². The summed E-state index contributed by atoms with van der Waals surface area (Å²) in [6, 6.07) is 15.2. The second kappa shape index (κ2) is 9.69. The maximum atomic E-state index is 12.1. The highest BCUT2D eigenvalue weighted by Gasteiger charge is 2.18. The number of likely N-dealkylation sites (N-methyl/N-ethyl adjacent to an activating group) is 1. The lowest BCUT2D eigenvalue weighted by Crippen LogP contribution is -2.35. The van der Waals surface area contributed by atoms with Crippen LogP contribution in [0.4, 0.5) is 0 Å². The van der Waals surface area contributed by atoms with Gasteiger partial charge in [-0.1, -0.05) is 30.3 Å². The van der Waals surface area contributed by atoms with E-state index in [-0.39, 0.29) is 5.91 Å². The van der Waals surface area contributed by atoms with Crippen molar-refractivity contribution in [2.75, 3.05) is 20.7 Å². The highest BCUT2D eigenvalue weighted by Crippen LogP contribution is 2.29. The Kier molecular flexibility index (Phi) is 6.79. The number of amides is 1. The van der Waals surface area contributed by atoms with Crippen LogP contribution in [-0.2, 0) is 4.79 Å². The van der Waals surface area contributed by atoms with Crippen LogP contribution in [0.5, 0.6) is 11.5 Å². The highest BCUT2D eigenvalue weighted by molar-refractivity contribution is 5.82. The predicted molar refractivity (Wildman–Crippen MR) is 115 cm³/mol. The van der Waals surface area contributed by atoms with Gasteiger partial charge in [0.2, 0.25) is 0 Å². The first-order valence-corrected chi connectivity index (χ1v) is 9.64. The summed E-state index contributed by atoms with van der Waals surface area (Å²) in [5, 5.41) is 12.6. The highest BCUT2D eigenvalue weighted by atomic mass is 16.5. The fraction of sp³-hybridized carbons (Fsp3) is 0.273. The standard InChI is InChI=1S/C22H25N5O3/c1-5-29-20-13-17(11-12-19(20)30-16(2)22(28)26(3)4)14-24-27-15-23-25-21(27)18-9-7-6-8-10-18/h6-16H,5H2,1-4H3/b24-14-/t16-/m1/s1. The molecule has 0 N–H and O–H groups in total. The molecular weight excluding hydrogens is 382 g/mol.